The Bertz CT molecular complexity index is 604. The van der Waals surface area contributed by atoms with E-state index < -0.39 is 0 Å². The first-order valence-electron chi connectivity index (χ1n) is 6.38. The normalized spacial score (nSPS) is 12.1. The lowest BCUT2D eigenvalue weighted by Crippen LogP contribution is -2.22. The van der Waals surface area contributed by atoms with Gasteiger partial charge in [-0.3, -0.25) is 0 Å². The minimum atomic E-state index is 0.153. The van der Waals surface area contributed by atoms with Crippen LogP contribution in [0.1, 0.15) is 19.4 Å². The van der Waals surface area contributed by atoms with Crippen LogP contribution in [0.2, 0.25) is 0 Å². The van der Waals surface area contributed by atoms with Crippen LogP contribution < -0.4 is 5.32 Å². The zero-order chi connectivity index (χ0) is 13.7. The van der Waals surface area contributed by atoms with Crippen LogP contribution in [-0.2, 0) is 4.74 Å². The van der Waals surface area contributed by atoms with Crippen molar-refractivity contribution in [2.75, 3.05) is 18.5 Å². The van der Waals surface area contributed by atoms with Gasteiger partial charge in [-0.05, 0) is 26.0 Å². The number of benzene rings is 1. The molecule has 1 atom stereocenters. The predicted molar refractivity (Wildman–Crippen MR) is 76.0 cm³/mol. The van der Waals surface area contributed by atoms with Crippen molar-refractivity contribution in [3.8, 4) is 6.07 Å². The van der Waals surface area contributed by atoms with Gasteiger partial charge in [0.1, 0.15) is 5.82 Å². The van der Waals surface area contributed by atoms with Crippen molar-refractivity contribution in [3.63, 3.8) is 0 Å². The van der Waals surface area contributed by atoms with Gasteiger partial charge in [0.25, 0.3) is 0 Å². The molecule has 0 saturated heterocycles. The number of fused-ring (bicyclic) bond motifs is 1. The average Bonchev–Trinajstić information content (AvgIpc) is 2.44. The fraction of sp³-hybridized carbons (Fsp3) is 0.333. The van der Waals surface area contributed by atoms with Crippen LogP contribution in [0.4, 0.5) is 5.82 Å². The Morgan fingerprint density at radius 1 is 1.42 bits per heavy atom. The molecule has 1 aromatic heterocycles. The molecule has 0 aliphatic heterocycles. The summed E-state index contributed by atoms with van der Waals surface area (Å²) in [5, 5.41) is 13.3. The number of aromatic nitrogens is 1. The Balaban J connectivity index is 2.27. The van der Waals surface area contributed by atoms with Crippen LogP contribution in [0, 0.1) is 11.3 Å². The number of hydrogen-bond donors (Lipinski definition) is 1. The second-order valence-corrected chi connectivity index (χ2v) is 4.39. The molecule has 0 fully saturated rings. The molecule has 1 aromatic carbocycles. The van der Waals surface area contributed by atoms with E-state index in [0.717, 1.165) is 10.9 Å². The maximum absolute atomic E-state index is 9.21. The lowest BCUT2D eigenvalue weighted by atomic mass is 10.1. The lowest BCUT2D eigenvalue weighted by Gasteiger charge is -2.15. The summed E-state index contributed by atoms with van der Waals surface area (Å²) in [6.07, 6.45) is 0. The van der Waals surface area contributed by atoms with Crippen molar-refractivity contribution < 1.29 is 4.74 Å². The number of para-hydroxylation sites is 1. The van der Waals surface area contributed by atoms with Crippen LogP contribution in [-0.4, -0.2) is 24.2 Å². The third kappa shape index (κ3) is 3.21. The molecule has 2 rings (SSSR count). The summed E-state index contributed by atoms with van der Waals surface area (Å²) >= 11 is 0. The number of nitrogens with one attached hydrogen (secondary N) is 1. The molecule has 0 aliphatic carbocycles. The van der Waals surface area contributed by atoms with Crippen LogP contribution in [0.25, 0.3) is 10.9 Å². The summed E-state index contributed by atoms with van der Waals surface area (Å²) in [5.74, 6) is 0.711. The van der Waals surface area contributed by atoms with E-state index in [4.69, 9.17) is 4.74 Å². The van der Waals surface area contributed by atoms with Gasteiger partial charge in [-0.1, -0.05) is 18.2 Å². The number of anilines is 1. The highest BCUT2D eigenvalue weighted by molar-refractivity contribution is 5.86. The number of nitrogens with zero attached hydrogens (tertiary/aromatic N) is 2. The molecular weight excluding hydrogens is 238 g/mol. The summed E-state index contributed by atoms with van der Waals surface area (Å²) in [5.41, 5.74) is 1.46. The van der Waals surface area contributed by atoms with Gasteiger partial charge in [-0.15, -0.1) is 0 Å². The van der Waals surface area contributed by atoms with Crippen LogP contribution in [0.5, 0.6) is 0 Å². The maximum Gasteiger partial charge on any atom is 0.128 e. The molecule has 1 N–H and O–H groups in total. The minimum Gasteiger partial charge on any atom is -0.380 e. The molecule has 4 nitrogen and oxygen atoms in total. The molecule has 1 unspecified atom stereocenters. The van der Waals surface area contributed by atoms with Gasteiger partial charge < -0.3 is 10.1 Å². The zero-order valence-electron chi connectivity index (χ0n) is 11.2. The Labute approximate surface area is 113 Å². The summed E-state index contributed by atoms with van der Waals surface area (Å²) < 4.78 is 5.36. The first kappa shape index (κ1) is 13.3. The first-order valence-corrected chi connectivity index (χ1v) is 6.38. The van der Waals surface area contributed by atoms with E-state index in [2.05, 4.69) is 16.4 Å². The molecule has 0 radical (unpaired) electrons. The number of nitriles is 1. The van der Waals surface area contributed by atoms with Crippen molar-refractivity contribution in [1.82, 2.24) is 4.98 Å². The molecule has 0 aliphatic rings. The fourth-order valence-corrected chi connectivity index (χ4v) is 1.93. The third-order valence-electron chi connectivity index (χ3n) is 2.80. The fourth-order valence-electron chi connectivity index (χ4n) is 1.93. The highest BCUT2D eigenvalue weighted by Gasteiger charge is 2.07. The van der Waals surface area contributed by atoms with E-state index in [1.807, 2.05) is 38.1 Å². The molecule has 0 bridgehead atoms. The number of hydrogen-bond acceptors (Lipinski definition) is 4. The second-order valence-electron chi connectivity index (χ2n) is 4.39. The Morgan fingerprint density at radius 2 is 2.21 bits per heavy atom. The van der Waals surface area contributed by atoms with Gasteiger partial charge in [0.05, 0.1) is 23.8 Å². The van der Waals surface area contributed by atoms with Gasteiger partial charge >= 0.3 is 0 Å². The van der Waals surface area contributed by atoms with E-state index in [9.17, 15) is 5.26 Å². The van der Waals surface area contributed by atoms with E-state index >= 15 is 0 Å². The molecule has 1 heterocycles. The minimum absolute atomic E-state index is 0.153. The molecule has 19 heavy (non-hydrogen) atoms. The first-order chi connectivity index (χ1) is 9.24. The monoisotopic (exact) mass is 255 g/mol. The van der Waals surface area contributed by atoms with Crippen molar-refractivity contribution in [2.45, 2.75) is 19.9 Å². The van der Waals surface area contributed by atoms with Gasteiger partial charge in [0.2, 0.25) is 0 Å². The van der Waals surface area contributed by atoms with Crippen molar-refractivity contribution in [1.29, 1.82) is 5.26 Å². The van der Waals surface area contributed by atoms with E-state index in [-0.39, 0.29) is 6.04 Å². The van der Waals surface area contributed by atoms with Crippen LogP contribution in [0.3, 0.4) is 0 Å². The van der Waals surface area contributed by atoms with E-state index in [1.54, 1.807) is 6.07 Å². The maximum atomic E-state index is 9.21. The van der Waals surface area contributed by atoms with Gasteiger partial charge in [-0.2, -0.15) is 5.26 Å². The summed E-state index contributed by atoms with van der Waals surface area (Å²) in [7, 11) is 0. The molecule has 98 valence electrons. The standard InChI is InChI=1S/C15H17N3O/c1-3-19-10-11(2)17-15-8-12(9-16)13-6-4-5-7-14(13)18-15/h4-8,11H,3,10H2,1-2H3,(H,17,18). The Hall–Kier alpha value is -2.12. The molecule has 0 spiro atoms. The van der Waals surface area contributed by atoms with E-state index in [0.29, 0.717) is 24.6 Å². The molecule has 0 saturated carbocycles. The van der Waals surface area contributed by atoms with Gasteiger partial charge in [0.15, 0.2) is 0 Å². The molecule has 0 amide bonds. The van der Waals surface area contributed by atoms with Crippen molar-refractivity contribution in [2.24, 2.45) is 0 Å². The average molecular weight is 255 g/mol. The van der Waals surface area contributed by atoms with Crippen molar-refractivity contribution in [3.05, 3.63) is 35.9 Å². The summed E-state index contributed by atoms with van der Waals surface area (Å²) in [6.45, 7) is 5.31. The lowest BCUT2D eigenvalue weighted by molar-refractivity contribution is 0.141. The number of ether oxygens (including phenoxy) is 1. The van der Waals surface area contributed by atoms with Gasteiger partial charge in [-0.25, -0.2) is 4.98 Å². The largest absolute Gasteiger partial charge is 0.380 e. The predicted octanol–water partition coefficient (Wildman–Crippen LogP) is 2.94. The van der Waals surface area contributed by atoms with Crippen LogP contribution >= 0.6 is 0 Å². The highest BCUT2D eigenvalue weighted by Crippen LogP contribution is 2.20. The smallest absolute Gasteiger partial charge is 0.128 e. The summed E-state index contributed by atoms with van der Waals surface area (Å²) in [4.78, 5) is 4.51. The topological polar surface area (TPSA) is 57.9 Å². The molecule has 2 aromatic rings. The molecular formula is C15H17N3O. The molecule has 4 heteroatoms. The second kappa shape index (κ2) is 6.17. The Morgan fingerprint density at radius 3 is 2.95 bits per heavy atom. The third-order valence-corrected chi connectivity index (χ3v) is 2.80. The Kier molecular flexibility index (Phi) is 4.32. The van der Waals surface area contributed by atoms with Crippen LogP contribution in [0.15, 0.2) is 30.3 Å². The quantitative estimate of drug-likeness (QED) is 0.892. The summed E-state index contributed by atoms with van der Waals surface area (Å²) in [6, 6.07) is 11.8. The number of rotatable bonds is 5. The van der Waals surface area contributed by atoms with Gasteiger partial charge in [0, 0.05) is 18.0 Å². The highest BCUT2D eigenvalue weighted by atomic mass is 16.5. The SMILES string of the molecule is CCOCC(C)Nc1cc(C#N)c2ccccc2n1. The zero-order valence-corrected chi connectivity index (χ0v) is 11.2. The van der Waals surface area contributed by atoms with Crippen molar-refractivity contribution >= 4 is 16.7 Å². The number of pyridine rings is 1. The van der Waals surface area contributed by atoms with E-state index in [1.165, 1.54) is 0 Å².